The summed E-state index contributed by atoms with van der Waals surface area (Å²) >= 11 is 0. The minimum atomic E-state index is -5.08. The second-order valence-corrected chi connectivity index (χ2v) is 6.84. The number of aliphatic carboxylic acids is 1. The third-order valence-electron chi connectivity index (χ3n) is 4.70. The number of pyridine rings is 1. The fourth-order valence-corrected chi connectivity index (χ4v) is 3.08. The van der Waals surface area contributed by atoms with Crippen LogP contribution in [0.4, 0.5) is 13.2 Å². The lowest BCUT2D eigenvalue weighted by molar-refractivity contribution is -0.192. The zero-order valence-corrected chi connectivity index (χ0v) is 16.4. The molecule has 0 radical (unpaired) electrons. The Morgan fingerprint density at radius 2 is 1.58 bits per heavy atom. The van der Waals surface area contributed by atoms with Gasteiger partial charge < -0.3 is 15.3 Å². The van der Waals surface area contributed by atoms with E-state index < -0.39 is 12.1 Å². The first kappa shape index (κ1) is 22.2. The van der Waals surface area contributed by atoms with Crippen LogP contribution < -0.4 is 5.32 Å². The fraction of sp³-hybridized carbons (Fsp3) is 0.227. The van der Waals surface area contributed by atoms with Gasteiger partial charge in [0.1, 0.15) is 0 Å². The van der Waals surface area contributed by atoms with Gasteiger partial charge in [-0.1, -0.05) is 30.3 Å². The van der Waals surface area contributed by atoms with Crippen molar-refractivity contribution < 1.29 is 27.9 Å². The molecule has 162 valence electrons. The number of rotatable bonds is 2. The maximum absolute atomic E-state index is 12.5. The van der Waals surface area contributed by atoms with Crippen molar-refractivity contribution in [2.24, 2.45) is 0 Å². The highest BCUT2D eigenvalue weighted by atomic mass is 19.4. The van der Waals surface area contributed by atoms with Crippen LogP contribution in [0.15, 0.2) is 60.8 Å². The van der Waals surface area contributed by atoms with Crippen LogP contribution >= 0.6 is 0 Å². The molecule has 0 spiro atoms. The van der Waals surface area contributed by atoms with Gasteiger partial charge in [0.05, 0.1) is 5.52 Å². The minimum absolute atomic E-state index is 0.111. The predicted octanol–water partition coefficient (Wildman–Crippen LogP) is 3.58. The van der Waals surface area contributed by atoms with E-state index in [0.717, 1.165) is 53.8 Å². The number of fused-ring (bicyclic) bond motifs is 1. The standard InChI is InChI=1S/C20H19N3O.C2HF3O2/c24-20(23-11-9-21-10-12-23)16-7-5-15(6-8-16)18-13-17-3-1-2-4-19(17)22-14-18;3-2(4,5)1(6)7/h1-8,13-14,21H,9-12H2;(H,6,7). The zero-order valence-electron chi connectivity index (χ0n) is 16.4. The van der Waals surface area contributed by atoms with Crippen molar-refractivity contribution in [1.82, 2.24) is 15.2 Å². The Labute approximate surface area is 176 Å². The maximum Gasteiger partial charge on any atom is 0.490 e. The lowest BCUT2D eigenvalue weighted by Gasteiger charge is -2.27. The molecular formula is C22H20F3N3O3. The monoisotopic (exact) mass is 431 g/mol. The molecule has 9 heteroatoms. The topological polar surface area (TPSA) is 82.5 Å². The third-order valence-corrected chi connectivity index (χ3v) is 4.70. The van der Waals surface area contributed by atoms with Gasteiger partial charge in [-0.3, -0.25) is 9.78 Å². The van der Waals surface area contributed by atoms with Gasteiger partial charge >= 0.3 is 12.1 Å². The van der Waals surface area contributed by atoms with Crippen LogP contribution in [-0.2, 0) is 4.79 Å². The van der Waals surface area contributed by atoms with Gasteiger partial charge in [-0.15, -0.1) is 0 Å². The number of alkyl halides is 3. The molecule has 31 heavy (non-hydrogen) atoms. The molecule has 6 nitrogen and oxygen atoms in total. The summed E-state index contributed by atoms with van der Waals surface area (Å²) < 4.78 is 31.7. The maximum atomic E-state index is 12.5. The number of hydrogen-bond acceptors (Lipinski definition) is 4. The molecule has 1 amide bonds. The van der Waals surface area contributed by atoms with E-state index in [2.05, 4.69) is 22.4 Å². The number of nitrogens with zero attached hydrogens (tertiary/aromatic N) is 2. The van der Waals surface area contributed by atoms with Gasteiger partial charge in [0.2, 0.25) is 0 Å². The lowest BCUT2D eigenvalue weighted by Crippen LogP contribution is -2.46. The molecule has 0 saturated carbocycles. The summed E-state index contributed by atoms with van der Waals surface area (Å²) in [4.78, 5) is 27.8. The number of nitrogens with one attached hydrogen (secondary N) is 1. The van der Waals surface area contributed by atoms with E-state index in [-0.39, 0.29) is 5.91 Å². The average Bonchev–Trinajstić information content (AvgIpc) is 2.79. The second-order valence-electron chi connectivity index (χ2n) is 6.84. The largest absolute Gasteiger partial charge is 0.490 e. The number of benzene rings is 2. The highest BCUT2D eigenvalue weighted by molar-refractivity contribution is 5.95. The summed E-state index contributed by atoms with van der Waals surface area (Å²) in [6.45, 7) is 3.28. The van der Waals surface area contributed by atoms with Gasteiger partial charge in [-0.25, -0.2) is 4.79 Å². The third kappa shape index (κ3) is 5.79. The molecule has 2 N–H and O–H groups in total. The molecule has 1 aliphatic heterocycles. The van der Waals surface area contributed by atoms with Gasteiger partial charge in [0.25, 0.3) is 5.91 Å². The first-order chi connectivity index (χ1) is 14.8. The van der Waals surface area contributed by atoms with Crippen molar-refractivity contribution in [3.05, 3.63) is 66.4 Å². The van der Waals surface area contributed by atoms with E-state index in [1.165, 1.54) is 0 Å². The number of para-hydroxylation sites is 1. The first-order valence-electron chi connectivity index (χ1n) is 9.51. The van der Waals surface area contributed by atoms with Crippen molar-refractivity contribution in [3.63, 3.8) is 0 Å². The molecule has 3 aromatic rings. The predicted molar refractivity (Wildman–Crippen MR) is 110 cm³/mol. The summed E-state index contributed by atoms with van der Waals surface area (Å²) in [5.74, 6) is -2.65. The SMILES string of the molecule is O=C(O)C(F)(F)F.O=C(c1ccc(-c2cnc3ccccc3c2)cc1)N1CCNCC1. The van der Waals surface area contributed by atoms with Crippen LogP contribution in [0, 0.1) is 0 Å². The molecule has 1 aromatic heterocycles. The highest BCUT2D eigenvalue weighted by Gasteiger charge is 2.38. The Morgan fingerprint density at radius 3 is 2.19 bits per heavy atom. The number of carbonyl (C=O) groups is 2. The quantitative estimate of drug-likeness (QED) is 0.648. The minimum Gasteiger partial charge on any atom is -0.475 e. The van der Waals surface area contributed by atoms with Crippen molar-refractivity contribution in [2.75, 3.05) is 26.2 Å². The summed E-state index contributed by atoms with van der Waals surface area (Å²) in [6, 6.07) is 18.0. The molecule has 0 atom stereocenters. The van der Waals surface area contributed by atoms with Crippen molar-refractivity contribution in [1.29, 1.82) is 0 Å². The number of hydrogen-bond donors (Lipinski definition) is 2. The summed E-state index contributed by atoms with van der Waals surface area (Å²) in [6.07, 6.45) is -3.20. The number of halogens is 3. The first-order valence-corrected chi connectivity index (χ1v) is 9.51. The number of carboxylic acid groups (broad SMARTS) is 1. The fourth-order valence-electron chi connectivity index (χ4n) is 3.08. The molecule has 0 bridgehead atoms. The normalized spacial score (nSPS) is 14.0. The van der Waals surface area contributed by atoms with Crippen LogP contribution in [0.25, 0.3) is 22.0 Å². The van der Waals surface area contributed by atoms with Gasteiger partial charge in [-0.2, -0.15) is 13.2 Å². The Kier molecular flexibility index (Phi) is 6.86. The van der Waals surface area contributed by atoms with E-state index in [1.807, 2.05) is 53.6 Å². The van der Waals surface area contributed by atoms with Gasteiger partial charge in [0, 0.05) is 48.9 Å². The van der Waals surface area contributed by atoms with Crippen LogP contribution in [0.1, 0.15) is 10.4 Å². The number of amides is 1. The Balaban J connectivity index is 0.000000339. The Bertz CT molecular complexity index is 1060. The Hall–Kier alpha value is -3.46. The van der Waals surface area contributed by atoms with Crippen LogP contribution in [-0.4, -0.2) is 59.2 Å². The van der Waals surface area contributed by atoms with Crippen molar-refractivity contribution in [2.45, 2.75) is 6.18 Å². The van der Waals surface area contributed by atoms with E-state index >= 15 is 0 Å². The molecule has 4 rings (SSSR count). The molecule has 0 aliphatic carbocycles. The number of piperazine rings is 1. The van der Waals surface area contributed by atoms with Crippen molar-refractivity contribution in [3.8, 4) is 11.1 Å². The molecule has 2 heterocycles. The van der Waals surface area contributed by atoms with Crippen LogP contribution in [0.3, 0.4) is 0 Å². The molecule has 0 unspecified atom stereocenters. The van der Waals surface area contributed by atoms with Gasteiger partial charge in [-0.05, 0) is 29.8 Å². The second kappa shape index (κ2) is 9.57. The van der Waals surface area contributed by atoms with E-state index in [1.54, 1.807) is 0 Å². The summed E-state index contributed by atoms with van der Waals surface area (Å²) in [7, 11) is 0. The lowest BCUT2D eigenvalue weighted by atomic mass is 10.0. The van der Waals surface area contributed by atoms with E-state index in [0.29, 0.717) is 0 Å². The summed E-state index contributed by atoms with van der Waals surface area (Å²) in [5, 5.41) is 11.5. The molecule has 1 aliphatic rings. The number of aromatic nitrogens is 1. The zero-order chi connectivity index (χ0) is 22.4. The van der Waals surface area contributed by atoms with E-state index in [9.17, 15) is 18.0 Å². The van der Waals surface area contributed by atoms with E-state index in [4.69, 9.17) is 9.90 Å². The number of carbonyl (C=O) groups excluding carboxylic acids is 1. The average molecular weight is 431 g/mol. The molecular weight excluding hydrogens is 411 g/mol. The highest BCUT2D eigenvalue weighted by Crippen LogP contribution is 2.23. The van der Waals surface area contributed by atoms with Crippen molar-refractivity contribution >= 4 is 22.8 Å². The van der Waals surface area contributed by atoms with Crippen LogP contribution in [0.2, 0.25) is 0 Å². The van der Waals surface area contributed by atoms with Crippen LogP contribution in [0.5, 0.6) is 0 Å². The van der Waals surface area contributed by atoms with Gasteiger partial charge in [0.15, 0.2) is 0 Å². The number of carboxylic acids is 1. The Morgan fingerprint density at radius 1 is 0.968 bits per heavy atom. The molecule has 1 fully saturated rings. The molecule has 1 saturated heterocycles. The summed E-state index contributed by atoms with van der Waals surface area (Å²) in [5.41, 5.74) is 3.88. The molecule has 2 aromatic carbocycles. The smallest absolute Gasteiger partial charge is 0.475 e.